The topological polar surface area (TPSA) is 47.9 Å². The quantitative estimate of drug-likeness (QED) is 0.782. The molecule has 0 N–H and O–H groups in total. The molecule has 0 fully saturated rings. The highest BCUT2D eigenvalue weighted by atomic mass is 16.5. The van der Waals surface area contributed by atoms with Gasteiger partial charge in [0.1, 0.15) is 5.69 Å². The molecule has 0 atom stereocenters. The highest BCUT2D eigenvalue weighted by molar-refractivity contribution is 5.69. The number of hydrogen-bond acceptors (Lipinski definition) is 4. The van der Waals surface area contributed by atoms with Crippen LogP contribution in [0.3, 0.4) is 0 Å². The Kier molecular flexibility index (Phi) is 3.23. The van der Waals surface area contributed by atoms with Gasteiger partial charge in [-0.3, -0.25) is 0 Å². The number of rotatable bonds is 3. The summed E-state index contributed by atoms with van der Waals surface area (Å²) in [6.45, 7) is 0. The van der Waals surface area contributed by atoms with Crippen LogP contribution in [0.1, 0.15) is 11.3 Å². The molecule has 0 saturated heterocycles. The van der Waals surface area contributed by atoms with Gasteiger partial charge in [0.2, 0.25) is 0 Å². The van der Waals surface area contributed by atoms with Gasteiger partial charge in [-0.1, -0.05) is 36.4 Å². The van der Waals surface area contributed by atoms with E-state index in [-0.39, 0.29) is 0 Å². The Labute approximate surface area is 93.6 Å². The molecule has 0 aliphatic rings. The summed E-state index contributed by atoms with van der Waals surface area (Å²) in [6, 6.07) is 9.96. The van der Waals surface area contributed by atoms with Crippen LogP contribution in [0.15, 0.2) is 36.5 Å². The van der Waals surface area contributed by atoms with E-state index in [1.807, 2.05) is 42.5 Å². The largest absolute Gasteiger partial charge is 0.493 e. The summed E-state index contributed by atoms with van der Waals surface area (Å²) in [6.07, 6.45) is 5.34. The number of aromatic nitrogens is 3. The summed E-state index contributed by atoms with van der Waals surface area (Å²) in [4.78, 5) is 0. The van der Waals surface area contributed by atoms with E-state index in [4.69, 9.17) is 4.74 Å². The lowest BCUT2D eigenvalue weighted by molar-refractivity contribution is 0.406. The highest BCUT2D eigenvalue weighted by Gasteiger charge is 2.00. The van der Waals surface area contributed by atoms with E-state index in [1.165, 1.54) is 6.20 Å². The zero-order chi connectivity index (χ0) is 11.2. The second kappa shape index (κ2) is 5.02. The summed E-state index contributed by atoms with van der Waals surface area (Å²) in [5, 5.41) is 11.1. The molecule has 2 aromatic rings. The minimum absolute atomic E-state index is 0.613. The van der Waals surface area contributed by atoms with Crippen molar-refractivity contribution in [2.45, 2.75) is 0 Å². The average Bonchev–Trinajstić information content (AvgIpc) is 2.38. The zero-order valence-corrected chi connectivity index (χ0v) is 8.87. The van der Waals surface area contributed by atoms with Crippen molar-refractivity contribution in [3.05, 3.63) is 47.8 Å². The van der Waals surface area contributed by atoms with Crippen molar-refractivity contribution in [3.8, 4) is 5.75 Å². The molecular formula is C12H11N3O. The van der Waals surface area contributed by atoms with E-state index in [2.05, 4.69) is 15.4 Å². The van der Waals surface area contributed by atoms with E-state index in [9.17, 15) is 0 Å². The summed E-state index contributed by atoms with van der Waals surface area (Å²) < 4.78 is 5.12. The molecule has 16 heavy (non-hydrogen) atoms. The fraction of sp³-hybridized carbons (Fsp3) is 0.0833. The lowest BCUT2D eigenvalue weighted by Crippen LogP contribution is -1.94. The minimum Gasteiger partial charge on any atom is -0.493 e. The first-order valence-corrected chi connectivity index (χ1v) is 4.85. The normalized spacial score (nSPS) is 10.6. The Morgan fingerprint density at radius 3 is 2.69 bits per heavy atom. The van der Waals surface area contributed by atoms with Gasteiger partial charge in [0.05, 0.1) is 13.3 Å². The SMILES string of the molecule is COc1cnnnc1C=Cc1ccccc1. The molecule has 0 saturated carbocycles. The highest BCUT2D eigenvalue weighted by Crippen LogP contribution is 2.15. The van der Waals surface area contributed by atoms with Gasteiger partial charge in [-0.15, -0.1) is 10.2 Å². The van der Waals surface area contributed by atoms with Crippen LogP contribution in [0.2, 0.25) is 0 Å². The third kappa shape index (κ3) is 2.42. The first-order chi connectivity index (χ1) is 7.90. The van der Waals surface area contributed by atoms with Gasteiger partial charge in [-0.2, -0.15) is 0 Å². The predicted molar refractivity (Wildman–Crippen MR) is 61.7 cm³/mol. The fourth-order valence-corrected chi connectivity index (χ4v) is 1.28. The molecule has 4 nitrogen and oxygen atoms in total. The van der Waals surface area contributed by atoms with E-state index in [0.717, 1.165) is 5.56 Å². The lowest BCUT2D eigenvalue weighted by Gasteiger charge is -2.00. The minimum atomic E-state index is 0.613. The first kappa shape index (κ1) is 10.3. The number of methoxy groups -OCH3 is 1. The molecule has 0 aliphatic carbocycles. The van der Waals surface area contributed by atoms with E-state index >= 15 is 0 Å². The molecule has 1 aromatic heterocycles. The summed E-state index contributed by atoms with van der Waals surface area (Å²) in [5.74, 6) is 0.613. The van der Waals surface area contributed by atoms with Crippen molar-refractivity contribution in [1.29, 1.82) is 0 Å². The molecule has 80 valence electrons. The van der Waals surface area contributed by atoms with Crippen molar-refractivity contribution >= 4 is 12.2 Å². The molecule has 0 aliphatic heterocycles. The van der Waals surface area contributed by atoms with Crippen LogP contribution in [-0.2, 0) is 0 Å². The van der Waals surface area contributed by atoms with E-state index in [0.29, 0.717) is 11.4 Å². The van der Waals surface area contributed by atoms with Crippen LogP contribution in [-0.4, -0.2) is 22.5 Å². The van der Waals surface area contributed by atoms with Crippen molar-refractivity contribution in [1.82, 2.24) is 15.4 Å². The van der Waals surface area contributed by atoms with Crippen molar-refractivity contribution < 1.29 is 4.74 Å². The summed E-state index contributed by atoms with van der Waals surface area (Å²) in [5.41, 5.74) is 1.77. The van der Waals surface area contributed by atoms with E-state index < -0.39 is 0 Å². The monoisotopic (exact) mass is 213 g/mol. The Hall–Kier alpha value is -2.23. The Bertz CT molecular complexity index is 483. The van der Waals surface area contributed by atoms with Gasteiger partial charge in [0.25, 0.3) is 0 Å². The molecule has 4 heteroatoms. The standard InChI is InChI=1S/C12H11N3O/c1-16-12-9-13-15-14-11(12)8-7-10-5-3-2-4-6-10/h2-9H,1H3. The second-order valence-corrected chi connectivity index (χ2v) is 3.13. The third-order valence-corrected chi connectivity index (χ3v) is 2.08. The van der Waals surface area contributed by atoms with Crippen molar-refractivity contribution in [2.24, 2.45) is 0 Å². The molecule has 0 radical (unpaired) electrons. The number of ether oxygens (including phenoxy) is 1. The molecule has 0 bridgehead atoms. The maximum absolute atomic E-state index is 5.12. The number of benzene rings is 1. The molecule has 0 amide bonds. The van der Waals surface area contributed by atoms with Crippen LogP contribution in [0.4, 0.5) is 0 Å². The van der Waals surface area contributed by atoms with Gasteiger partial charge >= 0.3 is 0 Å². The second-order valence-electron chi connectivity index (χ2n) is 3.13. The van der Waals surface area contributed by atoms with Crippen LogP contribution in [0.25, 0.3) is 12.2 Å². The zero-order valence-electron chi connectivity index (χ0n) is 8.87. The smallest absolute Gasteiger partial charge is 0.166 e. The van der Waals surface area contributed by atoms with Gasteiger partial charge in [-0.25, -0.2) is 0 Å². The lowest BCUT2D eigenvalue weighted by atomic mass is 10.2. The summed E-state index contributed by atoms with van der Waals surface area (Å²) in [7, 11) is 1.58. The Balaban J connectivity index is 2.24. The third-order valence-electron chi connectivity index (χ3n) is 2.08. The van der Waals surface area contributed by atoms with Crippen LogP contribution in [0, 0.1) is 0 Å². The van der Waals surface area contributed by atoms with Gasteiger partial charge < -0.3 is 4.74 Å². The van der Waals surface area contributed by atoms with Crippen LogP contribution in [0.5, 0.6) is 5.75 Å². The van der Waals surface area contributed by atoms with Gasteiger partial charge in [-0.05, 0) is 16.9 Å². The van der Waals surface area contributed by atoms with Crippen LogP contribution < -0.4 is 4.74 Å². The number of hydrogen-bond donors (Lipinski definition) is 0. The molecular weight excluding hydrogens is 202 g/mol. The predicted octanol–water partition coefficient (Wildman–Crippen LogP) is 2.05. The maximum atomic E-state index is 5.12. The van der Waals surface area contributed by atoms with E-state index in [1.54, 1.807) is 7.11 Å². The molecule has 0 unspecified atom stereocenters. The van der Waals surface area contributed by atoms with Crippen molar-refractivity contribution in [3.63, 3.8) is 0 Å². The Morgan fingerprint density at radius 1 is 1.12 bits per heavy atom. The van der Waals surface area contributed by atoms with Gasteiger partial charge in [0, 0.05) is 0 Å². The average molecular weight is 213 g/mol. The summed E-state index contributed by atoms with van der Waals surface area (Å²) >= 11 is 0. The van der Waals surface area contributed by atoms with Crippen LogP contribution >= 0.6 is 0 Å². The Morgan fingerprint density at radius 2 is 1.94 bits per heavy atom. The molecule has 1 heterocycles. The molecule has 1 aromatic carbocycles. The number of nitrogens with zero attached hydrogens (tertiary/aromatic N) is 3. The van der Waals surface area contributed by atoms with Gasteiger partial charge in [0.15, 0.2) is 5.75 Å². The first-order valence-electron chi connectivity index (χ1n) is 4.85. The molecule has 0 spiro atoms. The van der Waals surface area contributed by atoms with Crippen molar-refractivity contribution in [2.75, 3.05) is 7.11 Å². The molecule has 2 rings (SSSR count). The fourth-order valence-electron chi connectivity index (χ4n) is 1.28. The maximum Gasteiger partial charge on any atom is 0.166 e.